The molecule has 0 bridgehead atoms. The maximum Gasteiger partial charge on any atom is 1.00 e. The standard InChI is InChI=1S/C12H25N2O3.Rb/c1-2-3-4-7-14-12(17)9-11(16)8-10(15)5-6-13;/h10-11,13,15-16H,2-9H2,1H3,(H,14,17);/q-1;+1/t10-,11-;/m1./s1. The maximum absolute atomic E-state index is 11.4. The Kier molecular flexibility index (Phi) is 17.4. The normalized spacial score (nSPS) is 13.6. The molecule has 6 heteroatoms. The second-order valence-corrected chi connectivity index (χ2v) is 4.34. The summed E-state index contributed by atoms with van der Waals surface area (Å²) < 4.78 is 0. The molecule has 0 spiro atoms. The first-order valence-electron chi connectivity index (χ1n) is 6.37. The van der Waals surface area contributed by atoms with Crippen LogP contribution < -0.4 is 63.5 Å². The van der Waals surface area contributed by atoms with Crippen LogP contribution in [0.3, 0.4) is 0 Å². The third kappa shape index (κ3) is 13.6. The van der Waals surface area contributed by atoms with E-state index in [0.29, 0.717) is 13.0 Å². The van der Waals surface area contributed by atoms with Gasteiger partial charge in [-0.2, -0.15) is 0 Å². The summed E-state index contributed by atoms with van der Waals surface area (Å²) >= 11 is 0. The largest absolute Gasteiger partial charge is 1.00 e. The predicted octanol–water partition coefficient (Wildman–Crippen LogP) is -1.76. The minimum atomic E-state index is -0.817. The van der Waals surface area contributed by atoms with E-state index in [1.165, 1.54) is 0 Å². The monoisotopic (exact) mass is 330 g/mol. The summed E-state index contributed by atoms with van der Waals surface area (Å²) in [6, 6.07) is 0. The fourth-order valence-electron chi connectivity index (χ4n) is 1.57. The van der Waals surface area contributed by atoms with Crippen molar-refractivity contribution in [3.63, 3.8) is 0 Å². The molecule has 0 radical (unpaired) electrons. The molecular weight excluding hydrogens is 306 g/mol. The van der Waals surface area contributed by atoms with E-state index < -0.39 is 12.2 Å². The molecule has 5 nitrogen and oxygen atoms in total. The van der Waals surface area contributed by atoms with Crippen LogP contribution in [-0.4, -0.2) is 41.4 Å². The second kappa shape index (κ2) is 14.6. The van der Waals surface area contributed by atoms with Crippen LogP contribution >= 0.6 is 0 Å². The molecule has 1 amide bonds. The predicted molar refractivity (Wildman–Crippen MR) is 67.6 cm³/mol. The minimum Gasteiger partial charge on any atom is -0.677 e. The average Bonchev–Trinajstić information content (AvgIpc) is 2.24. The van der Waals surface area contributed by atoms with Crippen LogP contribution in [0.25, 0.3) is 5.73 Å². The molecule has 18 heavy (non-hydrogen) atoms. The zero-order valence-corrected chi connectivity index (χ0v) is 16.5. The molecule has 0 aliphatic rings. The summed E-state index contributed by atoms with van der Waals surface area (Å²) in [6.07, 6.45) is 2.19. The van der Waals surface area contributed by atoms with Crippen molar-refractivity contribution in [2.24, 2.45) is 0 Å². The number of carbonyl (C=O) groups excluding carboxylic acids is 1. The van der Waals surface area contributed by atoms with Crippen LogP contribution in [0, 0.1) is 0 Å². The Morgan fingerprint density at radius 1 is 1.28 bits per heavy atom. The zero-order chi connectivity index (χ0) is 13.1. The van der Waals surface area contributed by atoms with Gasteiger partial charge in [0.25, 0.3) is 0 Å². The third-order valence-corrected chi connectivity index (χ3v) is 2.55. The van der Waals surface area contributed by atoms with Gasteiger partial charge in [0.2, 0.25) is 5.91 Å². The molecular formula is C12H25N2O3Rb. The Morgan fingerprint density at radius 3 is 2.50 bits per heavy atom. The van der Waals surface area contributed by atoms with E-state index >= 15 is 0 Å². The van der Waals surface area contributed by atoms with E-state index in [1.54, 1.807) is 0 Å². The Morgan fingerprint density at radius 2 is 1.94 bits per heavy atom. The molecule has 0 saturated carbocycles. The Hall–Kier alpha value is 1.16. The van der Waals surface area contributed by atoms with Crippen LogP contribution in [0.5, 0.6) is 0 Å². The van der Waals surface area contributed by atoms with Gasteiger partial charge in [-0.25, -0.2) is 0 Å². The van der Waals surface area contributed by atoms with Crippen molar-refractivity contribution in [3.8, 4) is 0 Å². The third-order valence-electron chi connectivity index (χ3n) is 2.55. The van der Waals surface area contributed by atoms with Crippen LogP contribution in [0.1, 0.15) is 45.4 Å². The van der Waals surface area contributed by atoms with Crippen molar-refractivity contribution in [2.45, 2.75) is 57.7 Å². The minimum absolute atomic E-state index is 0. The number of nitrogens with one attached hydrogen (secondary N) is 2. The molecule has 4 N–H and O–H groups in total. The quantitative estimate of drug-likeness (QED) is 0.414. The summed E-state index contributed by atoms with van der Waals surface area (Å²) in [4.78, 5) is 11.4. The first kappa shape index (κ1) is 21.5. The van der Waals surface area contributed by atoms with Gasteiger partial charge in [-0.05, 0) is 19.3 Å². The smallest absolute Gasteiger partial charge is 0.677 e. The number of hydrogen-bond donors (Lipinski definition) is 3. The van der Waals surface area contributed by atoms with Crippen molar-refractivity contribution in [2.75, 3.05) is 13.1 Å². The number of rotatable bonds is 10. The second-order valence-electron chi connectivity index (χ2n) is 4.34. The van der Waals surface area contributed by atoms with Crippen molar-refractivity contribution in [3.05, 3.63) is 5.73 Å². The summed E-state index contributed by atoms with van der Waals surface area (Å²) in [5.41, 5.74) is 6.93. The molecule has 0 saturated heterocycles. The first-order valence-corrected chi connectivity index (χ1v) is 6.37. The van der Waals surface area contributed by atoms with Crippen LogP contribution in [-0.2, 0) is 4.79 Å². The molecule has 0 aromatic carbocycles. The summed E-state index contributed by atoms with van der Waals surface area (Å²) in [7, 11) is 0. The Balaban J connectivity index is 0. The van der Waals surface area contributed by atoms with E-state index in [1.807, 2.05) is 0 Å². The molecule has 0 aliphatic heterocycles. The van der Waals surface area contributed by atoms with E-state index in [4.69, 9.17) is 5.73 Å². The van der Waals surface area contributed by atoms with E-state index in [2.05, 4.69) is 12.2 Å². The number of aliphatic hydroxyl groups is 2. The molecule has 0 aliphatic carbocycles. The molecule has 0 heterocycles. The molecule has 0 unspecified atom stereocenters. The Bertz CT molecular complexity index is 206. The van der Waals surface area contributed by atoms with Gasteiger partial charge in [0.05, 0.1) is 18.6 Å². The maximum atomic E-state index is 11.4. The molecule has 0 aromatic heterocycles. The molecule has 102 valence electrons. The van der Waals surface area contributed by atoms with E-state index in [-0.39, 0.29) is 83.5 Å². The van der Waals surface area contributed by atoms with Gasteiger partial charge in [0.15, 0.2) is 0 Å². The van der Waals surface area contributed by atoms with Gasteiger partial charge >= 0.3 is 58.2 Å². The molecule has 0 rings (SSSR count). The van der Waals surface area contributed by atoms with Crippen molar-refractivity contribution >= 4 is 5.91 Å². The van der Waals surface area contributed by atoms with Gasteiger partial charge in [-0.15, -0.1) is 6.54 Å². The van der Waals surface area contributed by atoms with Crippen LogP contribution in [0.2, 0.25) is 0 Å². The van der Waals surface area contributed by atoms with Crippen molar-refractivity contribution in [1.29, 1.82) is 0 Å². The summed E-state index contributed by atoms with van der Waals surface area (Å²) in [5.74, 6) is -0.174. The summed E-state index contributed by atoms with van der Waals surface area (Å²) in [5, 5.41) is 21.6. The molecule has 2 atom stereocenters. The van der Waals surface area contributed by atoms with Gasteiger partial charge in [-0.1, -0.05) is 19.8 Å². The van der Waals surface area contributed by atoms with Crippen molar-refractivity contribution < 1.29 is 73.2 Å². The van der Waals surface area contributed by atoms with Gasteiger partial charge in [-0.3, -0.25) is 4.79 Å². The van der Waals surface area contributed by atoms with Gasteiger partial charge < -0.3 is 21.3 Å². The average molecular weight is 331 g/mol. The number of aliphatic hydroxyl groups excluding tert-OH is 2. The van der Waals surface area contributed by atoms with Gasteiger partial charge in [0, 0.05) is 6.54 Å². The van der Waals surface area contributed by atoms with E-state index in [9.17, 15) is 15.0 Å². The number of carbonyl (C=O) groups is 1. The number of hydrogen-bond acceptors (Lipinski definition) is 3. The number of amides is 1. The van der Waals surface area contributed by atoms with Gasteiger partial charge in [0.1, 0.15) is 0 Å². The topological polar surface area (TPSA) is 93.4 Å². The number of unbranched alkanes of at least 4 members (excludes halogenated alkanes) is 2. The molecule has 0 fully saturated rings. The van der Waals surface area contributed by atoms with Crippen LogP contribution in [0.4, 0.5) is 0 Å². The summed E-state index contributed by atoms with van der Waals surface area (Å²) in [6.45, 7) is 2.88. The Labute approximate surface area is 159 Å². The van der Waals surface area contributed by atoms with Crippen molar-refractivity contribution in [1.82, 2.24) is 5.32 Å². The SMILES string of the molecule is CCCCCNC(=O)C[C@H](O)C[C@H](O)CC[NH-].[Rb+]. The molecule has 0 aromatic rings. The van der Waals surface area contributed by atoms with Crippen LogP contribution in [0.15, 0.2) is 0 Å². The fourth-order valence-corrected chi connectivity index (χ4v) is 1.57. The van der Waals surface area contributed by atoms with E-state index in [0.717, 1.165) is 19.3 Å². The fraction of sp³-hybridized carbons (Fsp3) is 0.917. The zero-order valence-electron chi connectivity index (χ0n) is 11.6. The first-order chi connectivity index (χ1) is 8.10.